The van der Waals surface area contributed by atoms with Crippen molar-refractivity contribution in [3.8, 4) is 17.1 Å². The lowest BCUT2D eigenvalue weighted by molar-refractivity contribution is -0.114. The summed E-state index contributed by atoms with van der Waals surface area (Å²) in [5.74, 6) is -0.251. The molecule has 174 valence electrons. The average molecular weight is 465 g/mol. The molecule has 1 aromatic heterocycles. The normalized spacial score (nSPS) is 15.5. The van der Waals surface area contributed by atoms with Crippen LogP contribution in [0.25, 0.3) is 11.4 Å². The quantitative estimate of drug-likeness (QED) is 0.542. The van der Waals surface area contributed by atoms with Gasteiger partial charge >= 0.3 is 0 Å². The maximum Gasteiger partial charge on any atom is 0.277 e. The first-order chi connectivity index (χ1) is 15.1. The summed E-state index contributed by atoms with van der Waals surface area (Å²) in [6, 6.07) is 4.45. The third kappa shape index (κ3) is 5.09. The third-order valence-electron chi connectivity index (χ3n) is 5.02. The highest BCUT2D eigenvalue weighted by molar-refractivity contribution is 7.89. The number of amides is 1. The number of benzene rings is 1. The van der Waals surface area contributed by atoms with Crippen molar-refractivity contribution in [3.63, 3.8) is 0 Å². The Morgan fingerprint density at radius 3 is 2.56 bits per heavy atom. The Bertz CT molecular complexity index is 1160. The minimum atomic E-state index is -3.75. The van der Waals surface area contributed by atoms with E-state index in [1.54, 1.807) is 6.07 Å². The molecule has 0 radical (unpaired) electrons. The maximum absolute atomic E-state index is 13.2. The number of nitrogens with zero attached hydrogens (tertiary/aromatic N) is 3. The molecule has 1 aromatic carbocycles. The van der Waals surface area contributed by atoms with Crippen molar-refractivity contribution < 1.29 is 17.9 Å². The molecule has 0 aliphatic carbocycles. The predicted molar refractivity (Wildman–Crippen MR) is 121 cm³/mol. The monoisotopic (exact) mass is 464 g/mol. The molecule has 0 spiro atoms. The van der Waals surface area contributed by atoms with E-state index in [1.807, 2.05) is 14.0 Å². The third-order valence-corrected chi connectivity index (χ3v) is 6.91. The zero-order valence-electron chi connectivity index (χ0n) is 18.3. The van der Waals surface area contributed by atoms with E-state index in [0.29, 0.717) is 38.5 Å². The molecule has 2 aromatic rings. The van der Waals surface area contributed by atoms with Gasteiger partial charge in [0.05, 0.1) is 17.1 Å². The zero-order chi connectivity index (χ0) is 23.5. The van der Waals surface area contributed by atoms with Gasteiger partial charge in [-0.25, -0.2) is 13.4 Å². The summed E-state index contributed by atoms with van der Waals surface area (Å²) < 4.78 is 33.6. The number of hydrogen-bond acceptors (Lipinski definition) is 8. The van der Waals surface area contributed by atoms with Gasteiger partial charge in [-0.1, -0.05) is 6.92 Å². The van der Waals surface area contributed by atoms with Crippen LogP contribution in [0, 0.1) is 0 Å². The molecule has 0 saturated carbocycles. The summed E-state index contributed by atoms with van der Waals surface area (Å²) in [4.78, 5) is 32.7. The number of carbonyl (C=O) groups is 1. The highest BCUT2D eigenvalue weighted by Crippen LogP contribution is 2.32. The van der Waals surface area contributed by atoms with E-state index in [-0.39, 0.29) is 27.8 Å². The number of rotatable bonds is 7. The summed E-state index contributed by atoms with van der Waals surface area (Å²) in [6.45, 7) is 5.62. The first-order valence-electron chi connectivity index (χ1n) is 10.3. The number of nitrogen functional groups attached to an aromatic ring is 1. The molecule has 0 atom stereocenters. The molecule has 4 N–H and O–H groups in total. The Morgan fingerprint density at radius 1 is 1.28 bits per heavy atom. The second-order valence-electron chi connectivity index (χ2n) is 7.57. The minimum Gasteiger partial charge on any atom is -0.493 e. The zero-order valence-corrected chi connectivity index (χ0v) is 19.2. The van der Waals surface area contributed by atoms with E-state index < -0.39 is 21.5 Å². The Hall–Kier alpha value is -2.96. The van der Waals surface area contributed by atoms with Gasteiger partial charge in [-0.3, -0.25) is 9.59 Å². The van der Waals surface area contributed by atoms with Gasteiger partial charge in [0.1, 0.15) is 17.3 Å². The highest BCUT2D eigenvalue weighted by atomic mass is 32.2. The van der Waals surface area contributed by atoms with E-state index in [1.165, 1.54) is 23.4 Å². The number of ether oxygens (including phenoxy) is 1. The van der Waals surface area contributed by atoms with Crippen molar-refractivity contribution in [3.05, 3.63) is 28.6 Å². The summed E-state index contributed by atoms with van der Waals surface area (Å²) in [5, 5.41) is 2.34. The van der Waals surface area contributed by atoms with Gasteiger partial charge in [0.2, 0.25) is 15.9 Å². The number of aromatic nitrogens is 2. The van der Waals surface area contributed by atoms with Gasteiger partial charge in [-0.15, -0.1) is 0 Å². The van der Waals surface area contributed by atoms with E-state index in [4.69, 9.17) is 10.5 Å². The number of nitrogens with one attached hydrogen (secondary N) is 2. The largest absolute Gasteiger partial charge is 0.493 e. The summed E-state index contributed by atoms with van der Waals surface area (Å²) in [6.07, 6.45) is 0.730. The van der Waals surface area contributed by atoms with Crippen LogP contribution < -0.4 is 21.3 Å². The lowest BCUT2D eigenvalue weighted by atomic mass is 10.2. The van der Waals surface area contributed by atoms with Crippen LogP contribution in [0.5, 0.6) is 5.75 Å². The molecule has 11 nitrogen and oxygen atoms in total. The van der Waals surface area contributed by atoms with Crippen molar-refractivity contribution in [2.45, 2.75) is 25.2 Å². The molecule has 0 bridgehead atoms. The Morgan fingerprint density at radius 2 is 1.97 bits per heavy atom. The molecule has 1 amide bonds. The lowest BCUT2D eigenvalue weighted by Crippen LogP contribution is -2.47. The van der Waals surface area contributed by atoms with Crippen LogP contribution >= 0.6 is 0 Å². The summed E-state index contributed by atoms with van der Waals surface area (Å²) in [7, 11) is -1.81. The van der Waals surface area contributed by atoms with Gasteiger partial charge < -0.3 is 25.7 Å². The lowest BCUT2D eigenvalue weighted by Gasteiger charge is -2.31. The van der Waals surface area contributed by atoms with Crippen molar-refractivity contribution in [2.24, 2.45) is 0 Å². The number of aromatic amines is 1. The smallest absolute Gasteiger partial charge is 0.277 e. The highest BCUT2D eigenvalue weighted by Gasteiger charge is 2.28. The van der Waals surface area contributed by atoms with E-state index in [0.717, 1.165) is 6.42 Å². The van der Waals surface area contributed by atoms with Gasteiger partial charge in [-0.05, 0) is 31.7 Å². The van der Waals surface area contributed by atoms with Gasteiger partial charge in [0.15, 0.2) is 5.82 Å². The Kier molecular flexibility index (Phi) is 7.16. The fourth-order valence-electron chi connectivity index (χ4n) is 3.29. The first-order valence-corrected chi connectivity index (χ1v) is 11.7. The number of hydrogen-bond donors (Lipinski definition) is 3. The van der Waals surface area contributed by atoms with Crippen molar-refractivity contribution in [2.75, 3.05) is 50.9 Å². The first kappa shape index (κ1) is 23.7. The number of piperazine rings is 1. The fraction of sp³-hybridized carbons (Fsp3) is 0.450. The SMILES string of the molecule is CCCOc1ccc(S(=O)(=O)N2CCN(C)CC2)cc1-c1nc(N)c(NC(C)=O)c(=O)[nH]1. The molecule has 1 aliphatic rings. The number of anilines is 2. The number of nitrogens with two attached hydrogens (primary N) is 1. The molecule has 2 heterocycles. The molecular formula is C20H28N6O5S. The van der Waals surface area contributed by atoms with Gasteiger partial charge in [0, 0.05) is 33.1 Å². The van der Waals surface area contributed by atoms with E-state index in [2.05, 4.69) is 20.2 Å². The average Bonchev–Trinajstić information content (AvgIpc) is 2.74. The molecular weight excluding hydrogens is 436 g/mol. The number of sulfonamides is 1. The predicted octanol–water partition coefficient (Wildman–Crippen LogP) is 0.702. The standard InChI is InChI=1S/C20H28N6O5S/c1-4-11-31-16-6-5-14(32(29,30)26-9-7-25(3)8-10-26)12-15(16)19-23-18(21)17(20(28)24-19)22-13(2)27/h5-6,12H,4,7-11H2,1-3H3,(H,22,27)(H3,21,23,24,28). The van der Waals surface area contributed by atoms with Crippen LogP contribution in [-0.2, 0) is 14.8 Å². The van der Waals surface area contributed by atoms with Crippen LogP contribution in [-0.4, -0.2) is 73.3 Å². The fourth-order valence-corrected chi connectivity index (χ4v) is 4.73. The second kappa shape index (κ2) is 9.67. The van der Waals surface area contributed by atoms with E-state index >= 15 is 0 Å². The van der Waals surface area contributed by atoms with Crippen molar-refractivity contribution >= 4 is 27.4 Å². The van der Waals surface area contributed by atoms with Crippen LogP contribution in [0.1, 0.15) is 20.3 Å². The van der Waals surface area contributed by atoms with Crippen molar-refractivity contribution in [1.82, 2.24) is 19.2 Å². The van der Waals surface area contributed by atoms with Crippen LogP contribution in [0.15, 0.2) is 27.9 Å². The summed E-state index contributed by atoms with van der Waals surface area (Å²) in [5.41, 5.74) is 5.35. The number of likely N-dealkylation sites (N-methyl/N-ethyl adjacent to an activating group) is 1. The van der Waals surface area contributed by atoms with E-state index in [9.17, 15) is 18.0 Å². The number of carbonyl (C=O) groups excluding carboxylic acids is 1. The van der Waals surface area contributed by atoms with Crippen LogP contribution in [0.4, 0.5) is 11.5 Å². The molecule has 3 rings (SSSR count). The number of H-pyrrole nitrogens is 1. The van der Waals surface area contributed by atoms with Gasteiger partial charge in [0.25, 0.3) is 5.56 Å². The van der Waals surface area contributed by atoms with Crippen LogP contribution in [0.3, 0.4) is 0 Å². The Labute approximate surface area is 186 Å². The van der Waals surface area contributed by atoms with Gasteiger partial charge in [-0.2, -0.15) is 4.31 Å². The van der Waals surface area contributed by atoms with Crippen molar-refractivity contribution in [1.29, 1.82) is 0 Å². The molecule has 12 heteroatoms. The molecule has 1 fully saturated rings. The molecule has 0 unspecified atom stereocenters. The molecule has 32 heavy (non-hydrogen) atoms. The topological polar surface area (TPSA) is 151 Å². The maximum atomic E-state index is 13.2. The molecule has 1 saturated heterocycles. The summed E-state index contributed by atoms with van der Waals surface area (Å²) >= 11 is 0. The minimum absolute atomic E-state index is 0.0446. The van der Waals surface area contributed by atoms with Crippen LogP contribution in [0.2, 0.25) is 0 Å². The molecule has 1 aliphatic heterocycles. The Balaban J connectivity index is 2.08. The second-order valence-corrected chi connectivity index (χ2v) is 9.51.